The zero-order valence-electron chi connectivity index (χ0n) is 18.1. The molecule has 2 aromatic carbocycles. The minimum Gasteiger partial charge on any atom is -0.454 e. The SMILES string of the molecule is Cc1nc(NC(=O)C2(c3ccc4c(c3)OCO4)CC2)ccc1-c1ccc(C(C)C)cc1.[HH]. The average Bonchev–Trinajstić information content (AvgIpc) is 3.45. The van der Waals surface area contributed by atoms with Gasteiger partial charge in [-0.2, -0.15) is 0 Å². The summed E-state index contributed by atoms with van der Waals surface area (Å²) < 4.78 is 10.9. The Morgan fingerprint density at radius 2 is 1.77 bits per heavy atom. The highest BCUT2D eigenvalue weighted by molar-refractivity contribution is 6.01. The van der Waals surface area contributed by atoms with Crippen LogP contribution in [-0.4, -0.2) is 17.7 Å². The molecule has 5 nitrogen and oxygen atoms in total. The molecule has 5 heteroatoms. The molecule has 0 bridgehead atoms. The number of rotatable bonds is 5. The van der Waals surface area contributed by atoms with Gasteiger partial charge in [-0.1, -0.05) is 44.2 Å². The Morgan fingerprint density at radius 1 is 1.03 bits per heavy atom. The molecular weight excluding hydrogens is 388 g/mol. The number of pyridine rings is 1. The number of hydrogen-bond acceptors (Lipinski definition) is 4. The number of fused-ring (bicyclic) bond motifs is 1. The van der Waals surface area contributed by atoms with E-state index in [1.165, 1.54) is 5.56 Å². The topological polar surface area (TPSA) is 60.5 Å². The lowest BCUT2D eigenvalue weighted by Gasteiger charge is -2.17. The minimum absolute atomic E-state index is 0. The van der Waals surface area contributed by atoms with Crippen LogP contribution in [0.3, 0.4) is 0 Å². The van der Waals surface area contributed by atoms with Crippen molar-refractivity contribution < 1.29 is 15.7 Å². The van der Waals surface area contributed by atoms with Crippen LogP contribution in [0.25, 0.3) is 11.1 Å². The molecule has 5 rings (SSSR count). The average molecular weight is 417 g/mol. The number of benzene rings is 2. The maximum absolute atomic E-state index is 13.1. The van der Waals surface area contributed by atoms with Crippen molar-refractivity contribution in [1.82, 2.24) is 4.98 Å². The Bertz CT molecular complexity index is 1150. The van der Waals surface area contributed by atoms with E-state index in [1.54, 1.807) is 0 Å². The van der Waals surface area contributed by atoms with Crippen LogP contribution in [0, 0.1) is 6.92 Å². The minimum atomic E-state index is -0.512. The van der Waals surface area contributed by atoms with Gasteiger partial charge in [0.1, 0.15) is 5.82 Å². The predicted molar refractivity (Wildman–Crippen MR) is 123 cm³/mol. The van der Waals surface area contributed by atoms with Gasteiger partial charge in [0, 0.05) is 12.7 Å². The van der Waals surface area contributed by atoms with Gasteiger partial charge in [0.2, 0.25) is 12.7 Å². The van der Waals surface area contributed by atoms with Crippen LogP contribution < -0.4 is 14.8 Å². The summed E-state index contributed by atoms with van der Waals surface area (Å²) in [5.74, 6) is 2.50. The van der Waals surface area contributed by atoms with E-state index in [2.05, 4.69) is 48.4 Å². The van der Waals surface area contributed by atoms with Crippen molar-refractivity contribution in [3.8, 4) is 22.6 Å². The Kier molecular flexibility index (Phi) is 4.69. The van der Waals surface area contributed by atoms with Gasteiger partial charge in [-0.3, -0.25) is 4.79 Å². The molecule has 1 aromatic heterocycles. The lowest BCUT2D eigenvalue weighted by Crippen LogP contribution is -2.28. The molecule has 0 radical (unpaired) electrons. The van der Waals surface area contributed by atoms with Crippen molar-refractivity contribution >= 4 is 11.7 Å². The van der Waals surface area contributed by atoms with Crippen molar-refractivity contribution in [2.24, 2.45) is 0 Å². The number of carbonyl (C=O) groups excluding carboxylic acids is 1. The molecule has 0 spiro atoms. The summed E-state index contributed by atoms with van der Waals surface area (Å²) in [7, 11) is 0. The molecule has 1 amide bonds. The summed E-state index contributed by atoms with van der Waals surface area (Å²) in [6.07, 6.45) is 1.63. The van der Waals surface area contributed by atoms with Crippen LogP contribution in [-0.2, 0) is 10.2 Å². The van der Waals surface area contributed by atoms with E-state index in [9.17, 15) is 4.79 Å². The van der Waals surface area contributed by atoms with Crippen LogP contribution in [0.1, 0.15) is 50.9 Å². The summed E-state index contributed by atoms with van der Waals surface area (Å²) in [5, 5.41) is 3.03. The quantitative estimate of drug-likeness (QED) is 0.569. The van der Waals surface area contributed by atoms with Gasteiger partial charge in [0.25, 0.3) is 0 Å². The standard InChI is InChI=1S/C26H26N2O3.H2/c1-16(2)18-4-6-19(7-5-18)21-9-11-24(27-17(21)3)28-25(29)26(12-13-26)20-8-10-22-23(14-20)31-15-30-22;/h4-11,14,16H,12-13,15H2,1-3H3,(H,27,28,29);1H. The first-order valence-corrected chi connectivity index (χ1v) is 10.8. The predicted octanol–water partition coefficient (Wildman–Crippen LogP) is 5.83. The van der Waals surface area contributed by atoms with E-state index in [0.29, 0.717) is 17.5 Å². The second-order valence-corrected chi connectivity index (χ2v) is 8.71. The van der Waals surface area contributed by atoms with E-state index < -0.39 is 5.41 Å². The third-order valence-electron chi connectivity index (χ3n) is 6.33. The van der Waals surface area contributed by atoms with Crippen molar-refractivity contribution in [2.45, 2.75) is 44.9 Å². The zero-order valence-corrected chi connectivity index (χ0v) is 18.1. The summed E-state index contributed by atoms with van der Waals surface area (Å²) in [4.78, 5) is 17.8. The summed E-state index contributed by atoms with van der Waals surface area (Å²) in [6, 6.07) is 18.3. The molecule has 1 saturated carbocycles. The highest BCUT2D eigenvalue weighted by atomic mass is 16.7. The van der Waals surface area contributed by atoms with Crippen molar-refractivity contribution in [2.75, 3.05) is 12.1 Å². The summed E-state index contributed by atoms with van der Waals surface area (Å²) in [5.41, 5.74) is 4.87. The first kappa shape index (κ1) is 19.6. The van der Waals surface area contributed by atoms with Crippen molar-refractivity contribution in [1.29, 1.82) is 0 Å². The Labute approximate surface area is 183 Å². The van der Waals surface area contributed by atoms with E-state index >= 15 is 0 Å². The molecule has 1 N–H and O–H groups in total. The number of hydrogen-bond donors (Lipinski definition) is 1. The van der Waals surface area contributed by atoms with Crippen molar-refractivity contribution in [3.63, 3.8) is 0 Å². The number of carbonyl (C=O) groups is 1. The second kappa shape index (κ2) is 7.41. The fraction of sp³-hybridized carbons (Fsp3) is 0.308. The molecule has 2 aliphatic rings. The lowest BCUT2D eigenvalue weighted by atomic mass is 9.94. The largest absolute Gasteiger partial charge is 0.454 e. The highest BCUT2D eigenvalue weighted by Crippen LogP contribution is 2.51. The molecule has 3 aromatic rings. The zero-order chi connectivity index (χ0) is 21.6. The molecule has 160 valence electrons. The number of amides is 1. The highest BCUT2D eigenvalue weighted by Gasteiger charge is 2.51. The molecule has 1 aliphatic heterocycles. The Hall–Kier alpha value is -3.34. The van der Waals surface area contributed by atoms with Crippen LogP contribution in [0.5, 0.6) is 11.5 Å². The number of aromatic nitrogens is 1. The van der Waals surface area contributed by atoms with Crippen LogP contribution >= 0.6 is 0 Å². The first-order chi connectivity index (χ1) is 15.0. The van der Waals surface area contributed by atoms with Crippen LogP contribution in [0.15, 0.2) is 54.6 Å². The molecule has 31 heavy (non-hydrogen) atoms. The first-order valence-electron chi connectivity index (χ1n) is 10.8. The van der Waals surface area contributed by atoms with E-state index in [4.69, 9.17) is 9.47 Å². The van der Waals surface area contributed by atoms with Gasteiger partial charge in [-0.05, 0) is 66.6 Å². The maximum Gasteiger partial charge on any atom is 0.236 e. The fourth-order valence-electron chi connectivity index (χ4n) is 4.19. The molecular formula is C26H28N2O3. The third kappa shape index (κ3) is 3.54. The maximum atomic E-state index is 13.1. The Morgan fingerprint density at radius 3 is 2.45 bits per heavy atom. The number of nitrogens with zero attached hydrogens (tertiary/aromatic N) is 1. The van der Waals surface area contributed by atoms with E-state index in [0.717, 1.165) is 41.0 Å². The molecule has 0 atom stereocenters. The normalized spacial score (nSPS) is 15.7. The Balaban J connectivity index is 0.00000245. The number of ether oxygens (including phenoxy) is 2. The molecule has 1 fully saturated rings. The smallest absolute Gasteiger partial charge is 0.236 e. The lowest BCUT2D eigenvalue weighted by molar-refractivity contribution is -0.118. The van der Waals surface area contributed by atoms with Gasteiger partial charge in [0.15, 0.2) is 11.5 Å². The summed E-state index contributed by atoms with van der Waals surface area (Å²) in [6.45, 7) is 6.59. The van der Waals surface area contributed by atoms with Gasteiger partial charge in [-0.25, -0.2) is 4.98 Å². The van der Waals surface area contributed by atoms with Crippen molar-refractivity contribution in [3.05, 3.63) is 71.4 Å². The summed E-state index contributed by atoms with van der Waals surface area (Å²) >= 11 is 0. The third-order valence-corrected chi connectivity index (χ3v) is 6.33. The second-order valence-electron chi connectivity index (χ2n) is 8.71. The van der Waals surface area contributed by atoms with Crippen LogP contribution in [0.4, 0.5) is 5.82 Å². The van der Waals surface area contributed by atoms with E-state index in [-0.39, 0.29) is 14.1 Å². The fourth-order valence-corrected chi connectivity index (χ4v) is 4.19. The number of aryl methyl sites for hydroxylation is 1. The number of nitrogens with one attached hydrogen (secondary N) is 1. The molecule has 2 heterocycles. The number of anilines is 1. The monoisotopic (exact) mass is 416 g/mol. The molecule has 0 unspecified atom stereocenters. The molecule has 1 aliphatic carbocycles. The van der Waals surface area contributed by atoms with Crippen LogP contribution in [0.2, 0.25) is 0 Å². The van der Waals surface area contributed by atoms with Gasteiger partial charge < -0.3 is 14.8 Å². The molecule has 0 saturated heterocycles. The van der Waals surface area contributed by atoms with Gasteiger partial charge >= 0.3 is 0 Å². The van der Waals surface area contributed by atoms with Gasteiger partial charge in [0.05, 0.1) is 5.41 Å². The van der Waals surface area contributed by atoms with Gasteiger partial charge in [-0.15, -0.1) is 0 Å². The van der Waals surface area contributed by atoms with E-state index in [1.807, 2.05) is 37.3 Å².